The molecule has 0 fully saturated rings. The number of fused-ring (bicyclic) bond motifs is 1. The maximum absolute atomic E-state index is 12.6. The van der Waals surface area contributed by atoms with Crippen molar-refractivity contribution in [3.63, 3.8) is 0 Å². The zero-order valence-electron chi connectivity index (χ0n) is 14.3. The Kier molecular flexibility index (Phi) is 4.90. The summed E-state index contributed by atoms with van der Waals surface area (Å²) in [5, 5.41) is 8.68. The van der Waals surface area contributed by atoms with Gasteiger partial charge in [-0.15, -0.1) is 0 Å². The number of nitrogens with one attached hydrogen (secondary N) is 1. The summed E-state index contributed by atoms with van der Waals surface area (Å²) in [5.74, 6) is 0.551. The second-order valence-corrected chi connectivity index (χ2v) is 6.21. The Labute approximate surface area is 150 Å². The van der Waals surface area contributed by atoms with Gasteiger partial charge in [0.2, 0.25) is 0 Å². The zero-order chi connectivity index (χ0) is 18.0. The first kappa shape index (κ1) is 17.2. The first-order chi connectivity index (χ1) is 12.0. The molecule has 130 valence electrons. The van der Waals surface area contributed by atoms with E-state index in [1.807, 2.05) is 20.9 Å². The number of carbonyl (C=O) groups is 1. The monoisotopic (exact) mass is 358 g/mol. The number of aryl methyl sites for hydroxylation is 3. The van der Waals surface area contributed by atoms with Gasteiger partial charge < -0.3 is 10.1 Å². The van der Waals surface area contributed by atoms with Crippen LogP contribution in [0.4, 0.5) is 0 Å². The number of amides is 1. The predicted octanol–water partition coefficient (Wildman–Crippen LogP) is 3.05. The molecular formula is C18H19ClN4O2. The van der Waals surface area contributed by atoms with Gasteiger partial charge in [0.15, 0.2) is 5.65 Å². The summed E-state index contributed by atoms with van der Waals surface area (Å²) in [6.07, 6.45) is 0. The first-order valence-corrected chi connectivity index (χ1v) is 8.31. The molecule has 2 heterocycles. The van der Waals surface area contributed by atoms with Crippen LogP contribution in [-0.4, -0.2) is 33.8 Å². The number of benzene rings is 1. The third-order valence-electron chi connectivity index (χ3n) is 3.81. The number of rotatable bonds is 5. The molecule has 6 nitrogen and oxygen atoms in total. The van der Waals surface area contributed by atoms with Crippen molar-refractivity contribution in [1.29, 1.82) is 0 Å². The molecule has 0 atom stereocenters. The van der Waals surface area contributed by atoms with Crippen LogP contribution in [0, 0.1) is 13.8 Å². The van der Waals surface area contributed by atoms with E-state index >= 15 is 0 Å². The van der Waals surface area contributed by atoms with Crippen molar-refractivity contribution in [1.82, 2.24) is 20.1 Å². The number of pyridine rings is 1. The highest BCUT2D eigenvalue weighted by Crippen LogP contribution is 2.21. The van der Waals surface area contributed by atoms with Gasteiger partial charge in [-0.25, -0.2) is 4.98 Å². The molecule has 25 heavy (non-hydrogen) atoms. The normalized spacial score (nSPS) is 10.9. The first-order valence-electron chi connectivity index (χ1n) is 7.93. The minimum absolute atomic E-state index is 0.161. The molecule has 3 aromatic rings. The summed E-state index contributed by atoms with van der Waals surface area (Å²) < 4.78 is 7.28. The Bertz CT molecular complexity index is 919. The van der Waals surface area contributed by atoms with E-state index in [2.05, 4.69) is 15.4 Å². The molecule has 0 unspecified atom stereocenters. The van der Waals surface area contributed by atoms with Crippen LogP contribution >= 0.6 is 11.6 Å². The van der Waals surface area contributed by atoms with E-state index in [0.29, 0.717) is 35.1 Å². The van der Waals surface area contributed by atoms with Crippen LogP contribution in [0.1, 0.15) is 21.7 Å². The summed E-state index contributed by atoms with van der Waals surface area (Å²) in [6, 6.07) is 8.89. The minimum atomic E-state index is -0.161. The molecular weight excluding hydrogens is 340 g/mol. The van der Waals surface area contributed by atoms with E-state index in [1.165, 1.54) is 0 Å². The summed E-state index contributed by atoms with van der Waals surface area (Å²) >= 11 is 5.83. The molecule has 1 N–H and O–H groups in total. The molecule has 0 aliphatic heterocycles. The molecule has 0 saturated heterocycles. The van der Waals surface area contributed by atoms with Gasteiger partial charge in [-0.05, 0) is 44.2 Å². The Morgan fingerprint density at radius 1 is 1.28 bits per heavy atom. The fourth-order valence-electron chi connectivity index (χ4n) is 2.71. The lowest BCUT2D eigenvalue weighted by atomic mass is 10.1. The zero-order valence-corrected chi connectivity index (χ0v) is 15.1. The van der Waals surface area contributed by atoms with Crippen LogP contribution in [0.3, 0.4) is 0 Å². The molecule has 2 aromatic heterocycles. The van der Waals surface area contributed by atoms with Gasteiger partial charge in [-0.2, -0.15) is 5.10 Å². The lowest BCUT2D eigenvalue weighted by Gasteiger charge is -2.09. The average Bonchev–Trinajstić information content (AvgIpc) is 2.86. The van der Waals surface area contributed by atoms with Crippen LogP contribution in [0.15, 0.2) is 30.3 Å². The molecule has 0 bridgehead atoms. The van der Waals surface area contributed by atoms with Crippen LogP contribution in [0.25, 0.3) is 11.0 Å². The Balaban J connectivity index is 1.67. The van der Waals surface area contributed by atoms with Crippen molar-refractivity contribution in [2.45, 2.75) is 13.8 Å². The highest BCUT2D eigenvalue weighted by atomic mass is 35.5. The Morgan fingerprint density at radius 2 is 2.00 bits per heavy atom. The summed E-state index contributed by atoms with van der Waals surface area (Å²) in [6.45, 7) is 4.50. The largest absolute Gasteiger partial charge is 0.492 e. The maximum atomic E-state index is 12.6. The Morgan fingerprint density at radius 3 is 2.72 bits per heavy atom. The van der Waals surface area contributed by atoms with E-state index in [4.69, 9.17) is 16.3 Å². The molecule has 3 rings (SSSR count). The SMILES string of the molecule is Cc1cc(C(=O)NCCOc2ccc(Cl)cc2)c2c(C)nn(C)c2n1. The summed E-state index contributed by atoms with van der Waals surface area (Å²) in [4.78, 5) is 17.0. The molecule has 1 amide bonds. The Hall–Kier alpha value is -2.60. The third kappa shape index (κ3) is 3.74. The van der Waals surface area contributed by atoms with Gasteiger partial charge in [-0.1, -0.05) is 11.6 Å². The van der Waals surface area contributed by atoms with Crippen LogP contribution in [0.5, 0.6) is 5.75 Å². The lowest BCUT2D eigenvalue weighted by Crippen LogP contribution is -2.28. The molecule has 0 aliphatic carbocycles. The summed E-state index contributed by atoms with van der Waals surface area (Å²) in [7, 11) is 1.82. The average molecular weight is 359 g/mol. The highest BCUT2D eigenvalue weighted by molar-refractivity contribution is 6.30. The number of hydrogen-bond donors (Lipinski definition) is 1. The number of aromatic nitrogens is 3. The van der Waals surface area contributed by atoms with Gasteiger partial charge in [0.1, 0.15) is 12.4 Å². The molecule has 0 saturated carbocycles. The van der Waals surface area contributed by atoms with Crippen molar-refractivity contribution in [2.75, 3.05) is 13.2 Å². The fourth-order valence-corrected chi connectivity index (χ4v) is 2.83. The van der Waals surface area contributed by atoms with Gasteiger partial charge in [0, 0.05) is 17.8 Å². The number of halogens is 1. The van der Waals surface area contributed by atoms with Crippen molar-refractivity contribution in [3.05, 3.63) is 52.3 Å². The van der Waals surface area contributed by atoms with E-state index in [9.17, 15) is 4.79 Å². The second kappa shape index (κ2) is 7.11. The maximum Gasteiger partial charge on any atom is 0.252 e. The fraction of sp³-hybridized carbons (Fsp3) is 0.278. The standard InChI is InChI=1S/C18H19ClN4O2/c1-11-10-15(16-12(2)22-23(3)17(16)21-11)18(24)20-8-9-25-14-6-4-13(19)5-7-14/h4-7,10H,8-9H2,1-3H3,(H,20,24). The second-order valence-electron chi connectivity index (χ2n) is 5.78. The third-order valence-corrected chi connectivity index (χ3v) is 4.06. The topological polar surface area (TPSA) is 69.0 Å². The number of nitrogens with zero attached hydrogens (tertiary/aromatic N) is 3. The van der Waals surface area contributed by atoms with Crippen molar-refractivity contribution >= 4 is 28.5 Å². The quantitative estimate of drug-likeness (QED) is 0.712. The molecule has 0 spiro atoms. The van der Waals surface area contributed by atoms with Crippen LogP contribution in [-0.2, 0) is 7.05 Å². The van der Waals surface area contributed by atoms with E-state index in [-0.39, 0.29) is 5.91 Å². The molecule has 7 heteroatoms. The van der Waals surface area contributed by atoms with Gasteiger partial charge in [-0.3, -0.25) is 9.48 Å². The summed E-state index contributed by atoms with van der Waals surface area (Å²) in [5.41, 5.74) is 2.85. The van der Waals surface area contributed by atoms with Crippen LogP contribution in [0.2, 0.25) is 5.02 Å². The number of ether oxygens (including phenoxy) is 1. The smallest absolute Gasteiger partial charge is 0.252 e. The number of hydrogen-bond acceptors (Lipinski definition) is 4. The molecule has 0 radical (unpaired) electrons. The van der Waals surface area contributed by atoms with Gasteiger partial charge in [0.05, 0.1) is 23.2 Å². The highest BCUT2D eigenvalue weighted by Gasteiger charge is 2.17. The molecule has 0 aliphatic rings. The predicted molar refractivity (Wildman–Crippen MR) is 97.3 cm³/mol. The van der Waals surface area contributed by atoms with E-state index in [1.54, 1.807) is 35.0 Å². The van der Waals surface area contributed by atoms with Crippen LogP contribution < -0.4 is 10.1 Å². The lowest BCUT2D eigenvalue weighted by molar-refractivity contribution is 0.0948. The van der Waals surface area contributed by atoms with Crippen molar-refractivity contribution in [3.8, 4) is 5.75 Å². The van der Waals surface area contributed by atoms with E-state index < -0.39 is 0 Å². The van der Waals surface area contributed by atoms with Crippen molar-refractivity contribution in [2.24, 2.45) is 7.05 Å². The molecule has 1 aromatic carbocycles. The number of carbonyl (C=O) groups excluding carboxylic acids is 1. The minimum Gasteiger partial charge on any atom is -0.492 e. The van der Waals surface area contributed by atoms with Crippen molar-refractivity contribution < 1.29 is 9.53 Å². The van der Waals surface area contributed by atoms with Gasteiger partial charge >= 0.3 is 0 Å². The van der Waals surface area contributed by atoms with Gasteiger partial charge in [0.25, 0.3) is 5.91 Å². The van der Waals surface area contributed by atoms with E-state index in [0.717, 1.165) is 16.8 Å².